The summed E-state index contributed by atoms with van der Waals surface area (Å²) in [5, 5.41) is 2.39. The number of carbonyl (C=O) groups is 3. The van der Waals surface area contributed by atoms with Gasteiger partial charge in [0.2, 0.25) is 5.91 Å². The Bertz CT molecular complexity index is 389. The zero-order valence-corrected chi connectivity index (χ0v) is 15.6. The fourth-order valence-corrected chi connectivity index (χ4v) is 1.55. The lowest BCUT2D eigenvalue weighted by Crippen LogP contribution is -2.57. The van der Waals surface area contributed by atoms with Crippen LogP contribution in [0.3, 0.4) is 0 Å². The van der Waals surface area contributed by atoms with Gasteiger partial charge in [-0.1, -0.05) is 20.3 Å². The molecule has 0 saturated heterocycles. The highest BCUT2D eigenvalue weighted by Crippen LogP contribution is 2.03. The predicted molar refractivity (Wildman–Crippen MR) is 95.2 cm³/mol. The van der Waals surface area contributed by atoms with Crippen LogP contribution in [-0.2, 0) is 23.9 Å². The van der Waals surface area contributed by atoms with E-state index in [1.807, 2.05) is 13.8 Å². The van der Waals surface area contributed by atoms with E-state index in [1.165, 1.54) is 7.05 Å². The summed E-state index contributed by atoms with van der Waals surface area (Å²) in [6.07, 6.45) is 2.61. The maximum atomic E-state index is 11.5. The molecular weight excluding hydrogens is 328 g/mol. The lowest BCUT2D eigenvalue weighted by atomic mass is 10.2. The molecule has 0 fully saturated rings. The molecule has 0 atom stereocenters. The molecule has 0 aromatic rings. The van der Waals surface area contributed by atoms with Crippen molar-refractivity contribution in [3.8, 4) is 0 Å². The summed E-state index contributed by atoms with van der Waals surface area (Å²) >= 11 is 0. The monoisotopic (exact) mass is 362 g/mol. The lowest BCUT2D eigenvalue weighted by molar-refractivity contribution is -0.150. The highest BCUT2D eigenvalue weighted by molar-refractivity contribution is 5.81. The van der Waals surface area contributed by atoms with Gasteiger partial charge in [0.15, 0.2) is 0 Å². The molecule has 0 aromatic heterocycles. The fraction of sp³-hybridized carbons (Fsp3) is 0.812. The zero-order valence-electron chi connectivity index (χ0n) is 15.6. The molecule has 0 aliphatic heterocycles. The summed E-state index contributed by atoms with van der Waals surface area (Å²) in [7, 11) is 1.48. The lowest BCUT2D eigenvalue weighted by Gasteiger charge is -2.23. The molecule has 0 saturated carbocycles. The Kier molecular flexibility index (Phi) is 16.1. The van der Waals surface area contributed by atoms with Crippen molar-refractivity contribution in [1.82, 2.24) is 5.32 Å². The number of nitrogens with two attached hydrogens (primary N) is 3. The van der Waals surface area contributed by atoms with Crippen molar-refractivity contribution in [3.05, 3.63) is 0 Å². The smallest absolute Gasteiger partial charge is 0.306 e. The van der Waals surface area contributed by atoms with Crippen LogP contribution in [0.25, 0.3) is 0 Å². The van der Waals surface area contributed by atoms with Gasteiger partial charge in [0.1, 0.15) is 18.9 Å². The summed E-state index contributed by atoms with van der Waals surface area (Å²) < 4.78 is 9.83. The van der Waals surface area contributed by atoms with E-state index in [1.54, 1.807) is 0 Å². The van der Waals surface area contributed by atoms with Gasteiger partial charge in [-0.3, -0.25) is 14.4 Å². The van der Waals surface area contributed by atoms with E-state index in [2.05, 4.69) is 5.32 Å². The largest absolute Gasteiger partial charge is 0.462 e. The number of ether oxygens (including phenoxy) is 2. The second kappa shape index (κ2) is 15.8. The minimum absolute atomic E-state index is 0.0231. The first-order valence-corrected chi connectivity index (χ1v) is 8.60. The van der Waals surface area contributed by atoms with Crippen molar-refractivity contribution >= 4 is 17.8 Å². The molecule has 0 aromatic carbocycles. The Labute approximate surface area is 150 Å². The summed E-state index contributed by atoms with van der Waals surface area (Å²) in [5.74, 6) is -1.27. The minimum atomic E-state index is -1.46. The molecule has 1 amide bonds. The molecule has 0 bridgehead atoms. The summed E-state index contributed by atoms with van der Waals surface area (Å²) in [4.78, 5) is 33.9. The second-order valence-electron chi connectivity index (χ2n) is 5.33. The molecule has 0 heterocycles. The average molecular weight is 362 g/mol. The van der Waals surface area contributed by atoms with Crippen LogP contribution in [-0.4, -0.2) is 50.3 Å². The molecule has 9 nitrogen and oxygen atoms in total. The zero-order chi connectivity index (χ0) is 19.7. The average Bonchev–Trinajstić information content (AvgIpc) is 2.61. The molecular formula is C16H34N4O5. The molecule has 9 heteroatoms. The maximum absolute atomic E-state index is 11.5. The Morgan fingerprint density at radius 1 is 0.880 bits per heavy atom. The topological polar surface area (TPSA) is 160 Å². The molecule has 0 aliphatic rings. The van der Waals surface area contributed by atoms with Gasteiger partial charge >= 0.3 is 11.9 Å². The van der Waals surface area contributed by atoms with Crippen LogP contribution in [0.1, 0.15) is 52.4 Å². The Hall–Kier alpha value is -1.71. The molecule has 0 aliphatic carbocycles. The SMILES string of the molecule is CC.CNC(=O)CCC(=O)OCC(N)(N)COC(=O)CCCCCN. The molecule has 7 N–H and O–H groups in total. The van der Waals surface area contributed by atoms with Crippen molar-refractivity contribution in [3.63, 3.8) is 0 Å². The third-order valence-corrected chi connectivity index (χ3v) is 2.92. The van der Waals surface area contributed by atoms with Gasteiger partial charge in [-0.15, -0.1) is 0 Å². The number of rotatable bonds is 12. The third-order valence-electron chi connectivity index (χ3n) is 2.92. The van der Waals surface area contributed by atoms with Gasteiger partial charge in [-0.2, -0.15) is 0 Å². The van der Waals surface area contributed by atoms with Crippen LogP contribution < -0.4 is 22.5 Å². The van der Waals surface area contributed by atoms with Crippen LogP contribution in [0.2, 0.25) is 0 Å². The first-order valence-electron chi connectivity index (χ1n) is 8.60. The summed E-state index contributed by atoms with van der Waals surface area (Å²) in [5.41, 5.74) is 15.3. The normalized spacial score (nSPS) is 10.3. The Morgan fingerprint density at radius 2 is 1.40 bits per heavy atom. The van der Waals surface area contributed by atoms with Crippen molar-refractivity contribution in [2.24, 2.45) is 17.2 Å². The first-order chi connectivity index (χ1) is 11.8. The minimum Gasteiger partial charge on any atom is -0.462 e. The van der Waals surface area contributed by atoms with Crippen molar-refractivity contribution < 1.29 is 23.9 Å². The third kappa shape index (κ3) is 16.9. The van der Waals surface area contributed by atoms with Crippen LogP contribution >= 0.6 is 0 Å². The van der Waals surface area contributed by atoms with Crippen LogP contribution in [0.4, 0.5) is 0 Å². The van der Waals surface area contributed by atoms with Gasteiger partial charge in [0, 0.05) is 19.9 Å². The van der Waals surface area contributed by atoms with Crippen LogP contribution in [0.15, 0.2) is 0 Å². The van der Waals surface area contributed by atoms with Crippen molar-refractivity contribution in [1.29, 1.82) is 0 Å². The van der Waals surface area contributed by atoms with E-state index in [0.29, 0.717) is 13.0 Å². The number of hydrogen-bond acceptors (Lipinski definition) is 8. The van der Waals surface area contributed by atoms with Crippen molar-refractivity contribution in [2.75, 3.05) is 26.8 Å². The predicted octanol–water partition coefficient (Wildman–Crippen LogP) is -0.242. The van der Waals surface area contributed by atoms with Crippen LogP contribution in [0, 0.1) is 0 Å². The number of hydrogen-bond donors (Lipinski definition) is 4. The number of amides is 1. The van der Waals surface area contributed by atoms with E-state index in [4.69, 9.17) is 26.7 Å². The van der Waals surface area contributed by atoms with Gasteiger partial charge in [0.25, 0.3) is 0 Å². The Morgan fingerprint density at radius 3 is 1.88 bits per heavy atom. The molecule has 148 valence electrons. The van der Waals surface area contributed by atoms with Gasteiger partial charge in [-0.05, 0) is 19.4 Å². The van der Waals surface area contributed by atoms with Crippen LogP contribution in [0.5, 0.6) is 0 Å². The number of esters is 2. The maximum Gasteiger partial charge on any atom is 0.306 e. The number of nitrogens with one attached hydrogen (secondary N) is 1. The number of unbranched alkanes of at least 4 members (excludes halogenated alkanes) is 2. The van der Waals surface area contributed by atoms with Crippen molar-refractivity contribution in [2.45, 2.75) is 58.0 Å². The molecule has 0 radical (unpaired) electrons. The van der Waals surface area contributed by atoms with Gasteiger partial charge < -0.3 is 32.0 Å². The summed E-state index contributed by atoms with van der Waals surface area (Å²) in [6.45, 7) is 4.03. The summed E-state index contributed by atoms with van der Waals surface area (Å²) in [6, 6.07) is 0. The van der Waals surface area contributed by atoms with E-state index < -0.39 is 17.6 Å². The van der Waals surface area contributed by atoms with E-state index in [-0.39, 0.29) is 38.4 Å². The van der Waals surface area contributed by atoms with E-state index in [0.717, 1.165) is 12.8 Å². The highest BCUT2D eigenvalue weighted by Gasteiger charge is 2.24. The molecule has 25 heavy (non-hydrogen) atoms. The highest BCUT2D eigenvalue weighted by atomic mass is 16.5. The molecule has 0 unspecified atom stereocenters. The standard InChI is InChI=1S/C14H28N4O5.C2H6/c1-18-11(19)6-7-13(21)23-10-14(16,17)9-22-12(20)5-3-2-4-8-15;1-2/h2-10,15-17H2,1H3,(H,18,19);1-2H3. The molecule has 0 rings (SSSR count). The van der Waals surface area contributed by atoms with Gasteiger partial charge in [0.05, 0.1) is 6.42 Å². The number of carbonyl (C=O) groups excluding carboxylic acids is 3. The Balaban J connectivity index is 0. The van der Waals surface area contributed by atoms with Gasteiger partial charge in [-0.25, -0.2) is 0 Å². The second-order valence-corrected chi connectivity index (χ2v) is 5.33. The first kappa shape index (κ1) is 25.5. The van der Waals surface area contributed by atoms with E-state index in [9.17, 15) is 14.4 Å². The molecule has 0 spiro atoms. The quantitative estimate of drug-likeness (QED) is 0.210. The fourth-order valence-electron chi connectivity index (χ4n) is 1.55. The van der Waals surface area contributed by atoms with E-state index >= 15 is 0 Å².